The second-order valence-electron chi connectivity index (χ2n) is 8.80. The first-order chi connectivity index (χ1) is 19.1. The van der Waals surface area contributed by atoms with Crippen molar-refractivity contribution in [2.75, 3.05) is 20.3 Å². The van der Waals surface area contributed by atoms with Crippen LogP contribution in [0.25, 0.3) is 10.8 Å². The predicted octanol–water partition coefficient (Wildman–Crippen LogP) is 4.35. The summed E-state index contributed by atoms with van der Waals surface area (Å²) >= 11 is 0. The van der Waals surface area contributed by atoms with Crippen molar-refractivity contribution in [1.82, 2.24) is 10.6 Å². The molecule has 214 valence electrons. The summed E-state index contributed by atoms with van der Waals surface area (Å²) in [4.78, 5) is 37.9. The number of likely N-dealkylation sites (N-methyl/N-ethyl adjacent to an activating group) is 1. The van der Waals surface area contributed by atoms with Gasteiger partial charge in [-0.3, -0.25) is 14.4 Å². The molecule has 0 heterocycles. The number of rotatable bonds is 12. The summed E-state index contributed by atoms with van der Waals surface area (Å²) in [6, 6.07) is 12.0. The highest BCUT2D eigenvalue weighted by Gasteiger charge is 2.30. The summed E-state index contributed by atoms with van der Waals surface area (Å²) in [5.41, 5.74) is 0.740. The lowest BCUT2D eigenvalue weighted by Crippen LogP contribution is -2.49. The number of benzene rings is 3. The van der Waals surface area contributed by atoms with Crippen molar-refractivity contribution in [1.29, 1.82) is 0 Å². The SMILES string of the molecule is CCOC(=O)CC(CCOc1c(F)c(F)c(F)c(F)c1F)C(=O)N[C@@H](Cc1ccc2ccccc2c1)C(=O)NC. The van der Waals surface area contributed by atoms with Gasteiger partial charge in [0.2, 0.25) is 40.9 Å². The zero-order valence-electron chi connectivity index (χ0n) is 21.7. The number of carbonyl (C=O) groups excluding carboxylic acids is 3. The maximum absolute atomic E-state index is 14.0. The molecule has 0 aliphatic rings. The Bertz CT molecular complexity index is 1370. The fraction of sp³-hybridized carbons (Fsp3) is 0.321. The highest BCUT2D eigenvalue weighted by Crippen LogP contribution is 2.29. The van der Waals surface area contributed by atoms with Crippen LogP contribution in [0.15, 0.2) is 42.5 Å². The molecular weight excluding hydrogens is 539 g/mol. The van der Waals surface area contributed by atoms with Crippen LogP contribution in [0.5, 0.6) is 5.75 Å². The second-order valence-corrected chi connectivity index (χ2v) is 8.80. The van der Waals surface area contributed by atoms with E-state index in [1.54, 1.807) is 13.0 Å². The molecule has 0 radical (unpaired) electrons. The molecule has 0 aliphatic heterocycles. The van der Waals surface area contributed by atoms with Gasteiger partial charge < -0.3 is 20.1 Å². The molecule has 40 heavy (non-hydrogen) atoms. The Kier molecular flexibility index (Phi) is 10.4. The first-order valence-corrected chi connectivity index (χ1v) is 12.4. The number of esters is 1. The van der Waals surface area contributed by atoms with Crippen molar-refractivity contribution in [2.24, 2.45) is 5.92 Å². The molecule has 3 aromatic rings. The van der Waals surface area contributed by atoms with Gasteiger partial charge in [0.1, 0.15) is 6.04 Å². The zero-order chi connectivity index (χ0) is 29.4. The van der Waals surface area contributed by atoms with Gasteiger partial charge in [-0.05, 0) is 29.7 Å². The first kappa shape index (κ1) is 30.3. The lowest BCUT2D eigenvalue weighted by atomic mass is 9.98. The van der Waals surface area contributed by atoms with Crippen molar-refractivity contribution in [3.8, 4) is 5.75 Å². The molecule has 7 nitrogen and oxygen atoms in total. The summed E-state index contributed by atoms with van der Waals surface area (Å²) < 4.78 is 77.9. The average molecular weight is 567 g/mol. The van der Waals surface area contributed by atoms with Gasteiger partial charge in [0.25, 0.3) is 0 Å². The van der Waals surface area contributed by atoms with E-state index >= 15 is 0 Å². The number of hydrogen-bond acceptors (Lipinski definition) is 5. The Morgan fingerprint density at radius 1 is 0.850 bits per heavy atom. The smallest absolute Gasteiger partial charge is 0.306 e. The summed E-state index contributed by atoms with van der Waals surface area (Å²) in [5, 5.41) is 6.95. The lowest BCUT2D eigenvalue weighted by molar-refractivity contribution is -0.146. The molecule has 0 saturated carbocycles. The predicted molar refractivity (Wildman–Crippen MR) is 135 cm³/mol. The lowest BCUT2D eigenvalue weighted by Gasteiger charge is -2.22. The number of nitrogens with one attached hydrogen (secondary N) is 2. The molecule has 1 unspecified atom stereocenters. The summed E-state index contributed by atoms with van der Waals surface area (Å²) in [6.07, 6.45) is -0.763. The van der Waals surface area contributed by atoms with Gasteiger partial charge in [0.15, 0.2) is 5.75 Å². The molecule has 0 aromatic heterocycles. The molecular formula is C28H27F5N2O5. The van der Waals surface area contributed by atoms with E-state index in [0.717, 1.165) is 16.3 Å². The largest absolute Gasteiger partial charge is 0.487 e. The van der Waals surface area contributed by atoms with Crippen LogP contribution in [0.2, 0.25) is 0 Å². The topological polar surface area (TPSA) is 93.7 Å². The molecule has 0 fully saturated rings. The average Bonchev–Trinajstić information content (AvgIpc) is 2.95. The third kappa shape index (κ3) is 7.25. The van der Waals surface area contributed by atoms with Crippen molar-refractivity contribution < 1.29 is 45.8 Å². The number of carbonyl (C=O) groups is 3. The van der Waals surface area contributed by atoms with E-state index in [9.17, 15) is 36.3 Å². The van der Waals surface area contributed by atoms with Crippen LogP contribution in [-0.4, -0.2) is 44.1 Å². The molecule has 2 atom stereocenters. The van der Waals surface area contributed by atoms with E-state index in [1.165, 1.54) is 7.05 Å². The van der Waals surface area contributed by atoms with Gasteiger partial charge in [-0.15, -0.1) is 0 Å². The second kappa shape index (κ2) is 13.7. The normalized spacial score (nSPS) is 12.5. The van der Waals surface area contributed by atoms with E-state index < -0.39 is 77.6 Å². The molecule has 3 rings (SSSR count). The van der Waals surface area contributed by atoms with Crippen molar-refractivity contribution in [2.45, 2.75) is 32.2 Å². The van der Waals surface area contributed by atoms with E-state index in [0.29, 0.717) is 0 Å². The maximum atomic E-state index is 14.0. The Balaban J connectivity index is 1.77. The Morgan fingerprint density at radius 2 is 1.48 bits per heavy atom. The van der Waals surface area contributed by atoms with Crippen LogP contribution in [0.3, 0.4) is 0 Å². The van der Waals surface area contributed by atoms with Crippen molar-refractivity contribution >= 4 is 28.6 Å². The van der Waals surface area contributed by atoms with Crippen LogP contribution < -0.4 is 15.4 Å². The molecule has 2 amide bonds. The molecule has 2 N–H and O–H groups in total. The van der Waals surface area contributed by atoms with Crippen molar-refractivity contribution in [3.05, 3.63) is 77.1 Å². The molecule has 12 heteroatoms. The highest BCUT2D eigenvalue weighted by atomic mass is 19.2. The van der Waals surface area contributed by atoms with Gasteiger partial charge in [-0.1, -0.05) is 42.5 Å². The number of hydrogen-bond donors (Lipinski definition) is 2. The minimum Gasteiger partial charge on any atom is -0.487 e. The Morgan fingerprint density at radius 3 is 2.10 bits per heavy atom. The third-order valence-corrected chi connectivity index (χ3v) is 6.10. The van der Waals surface area contributed by atoms with Crippen LogP contribution >= 0.6 is 0 Å². The zero-order valence-corrected chi connectivity index (χ0v) is 21.7. The van der Waals surface area contributed by atoms with E-state index in [1.807, 2.05) is 36.4 Å². The van der Waals surface area contributed by atoms with E-state index in [-0.39, 0.29) is 19.4 Å². The fourth-order valence-electron chi connectivity index (χ4n) is 4.04. The number of halogens is 5. The summed E-state index contributed by atoms with van der Waals surface area (Å²) in [5.74, 6) is -15.8. The van der Waals surface area contributed by atoms with Crippen molar-refractivity contribution in [3.63, 3.8) is 0 Å². The maximum Gasteiger partial charge on any atom is 0.306 e. The highest BCUT2D eigenvalue weighted by molar-refractivity contribution is 5.90. The Hall–Kier alpha value is -4.22. The fourth-order valence-corrected chi connectivity index (χ4v) is 4.04. The standard InChI is InChI=1S/C28H27F5N2O5/c1-3-39-20(36)14-18(10-11-40-26-24(32)22(30)21(29)23(31)25(26)33)27(37)35-19(28(38)34-2)13-15-8-9-16-6-4-5-7-17(16)12-15/h4-9,12,18-19H,3,10-11,13-14H2,1-2H3,(H,34,38)(H,35,37)/t18?,19-/m0/s1. The Labute approximate surface area is 226 Å². The van der Waals surface area contributed by atoms with Gasteiger partial charge >= 0.3 is 5.97 Å². The van der Waals surface area contributed by atoms with Crippen LogP contribution in [-0.2, 0) is 25.5 Å². The molecule has 0 bridgehead atoms. The minimum absolute atomic E-state index is 0.0110. The quantitative estimate of drug-likeness (QED) is 0.147. The van der Waals surface area contributed by atoms with E-state index in [2.05, 4.69) is 10.6 Å². The van der Waals surface area contributed by atoms with Gasteiger partial charge in [-0.2, -0.15) is 8.78 Å². The van der Waals surface area contributed by atoms with Gasteiger partial charge in [0.05, 0.1) is 25.6 Å². The number of ether oxygens (including phenoxy) is 2. The first-order valence-electron chi connectivity index (χ1n) is 12.4. The molecule has 0 saturated heterocycles. The minimum atomic E-state index is -2.34. The van der Waals surface area contributed by atoms with Gasteiger partial charge in [0, 0.05) is 13.5 Å². The molecule has 3 aromatic carbocycles. The monoisotopic (exact) mass is 566 g/mol. The summed E-state index contributed by atoms with van der Waals surface area (Å²) in [7, 11) is 1.38. The number of amides is 2. The molecule has 0 spiro atoms. The van der Waals surface area contributed by atoms with Crippen LogP contribution in [0.1, 0.15) is 25.3 Å². The van der Waals surface area contributed by atoms with Gasteiger partial charge in [-0.25, -0.2) is 13.2 Å². The van der Waals surface area contributed by atoms with Crippen LogP contribution in [0, 0.1) is 35.0 Å². The van der Waals surface area contributed by atoms with Crippen LogP contribution in [0.4, 0.5) is 22.0 Å². The molecule has 0 aliphatic carbocycles. The summed E-state index contributed by atoms with van der Waals surface area (Å²) in [6.45, 7) is 0.868. The van der Waals surface area contributed by atoms with E-state index in [4.69, 9.17) is 9.47 Å². The number of fused-ring (bicyclic) bond motifs is 1. The third-order valence-electron chi connectivity index (χ3n) is 6.10.